The quantitative estimate of drug-likeness (QED) is 0.835. The number of nitrogen functional groups attached to an aromatic ring is 1. The van der Waals surface area contributed by atoms with Crippen molar-refractivity contribution in [2.75, 3.05) is 5.73 Å². The number of nitrogens with zero attached hydrogens (tertiary/aromatic N) is 2. The Kier molecular flexibility index (Phi) is 3.46. The zero-order chi connectivity index (χ0) is 15.2. The monoisotopic (exact) mass is 285 g/mol. The van der Waals surface area contributed by atoms with Crippen LogP contribution in [0.15, 0.2) is 18.3 Å². The van der Waals surface area contributed by atoms with Crippen molar-refractivity contribution in [2.24, 2.45) is 11.3 Å². The number of imidazole rings is 1. The fraction of sp³-hybridized carbons (Fsp3) is 0.611. The number of anilines is 1. The number of hydrogen-bond acceptors (Lipinski definition) is 2. The minimum atomic E-state index is 0.423. The largest absolute Gasteiger partial charge is 0.383 e. The van der Waals surface area contributed by atoms with Crippen molar-refractivity contribution in [1.29, 1.82) is 0 Å². The Morgan fingerprint density at radius 1 is 1.19 bits per heavy atom. The molecule has 2 heterocycles. The molecule has 21 heavy (non-hydrogen) atoms. The van der Waals surface area contributed by atoms with Crippen LogP contribution in [0.5, 0.6) is 0 Å². The maximum Gasteiger partial charge on any atom is 0.141 e. The number of aromatic nitrogens is 2. The van der Waals surface area contributed by atoms with Crippen molar-refractivity contribution < 1.29 is 0 Å². The SMILES string of the molecule is Cc1cccn2c(N)c(C3CCC(C(C)(C)C)CC3)nc12. The van der Waals surface area contributed by atoms with E-state index in [1.807, 2.05) is 16.7 Å². The van der Waals surface area contributed by atoms with Crippen molar-refractivity contribution in [3.8, 4) is 0 Å². The van der Waals surface area contributed by atoms with E-state index in [4.69, 9.17) is 10.7 Å². The van der Waals surface area contributed by atoms with Gasteiger partial charge in [-0.15, -0.1) is 0 Å². The number of rotatable bonds is 1. The van der Waals surface area contributed by atoms with Gasteiger partial charge in [0.1, 0.15) is 11.5 Å². The van der Waals surface area contributed by atoms with E-state index in [0.29, 0.717) is 11.3 Å². The lowest BCUT2D eigenvalue weighted by Gasteiger charge is -2.36. The Morgan fingerprint density at radius 3 is 2.43 bits per heavy atom. The van der Waals surface area contributed by atoms with E-state index in [9.17, 15) is 0 Å². The van der Waals surface area contributed by atoms with E-state index in [0.717, 1.165) is 23.1 Å². The lowest BCUT2D eigenvalue weighted by molar-refractivity contribution is 0.168. The summed E-state index contributed by atoms with van der Waals surface area (Å²) in [5.74, 6) is 2.20. The van der Waals surface area contributed by atoms with Gasteiger partial charge in [0.2, 0.25) is 0 Å². The van der Waals surface area contributed by atoms with Crippen LogP contribution in [-0.4, -0.2) is 9.38 Å². The first-order valence-electron chi connectivity index (χ1n) is 8.11. The zero-order valence-corrected chi connectivity index (χ0v) is 13.7. The van der Waals surface area contributed by atoms with Crippen LogP contribution < -0.4 is 5.73 Å². The third-order valence-corrected chi connectivity index (χ3v) is 5.25. The molecule has 3 heteroatoms. The first kappa shape index (κ1) is 14.4. The number of aryl methyl sites for hydroxylation is 1. The van der Waals surface area contributed by atoms with E-state index < -0.39 is 0 Å². The van der Waals surface area contributed by atoms with E-state index in [-0.39, 0.29) is 0 Å². The Labute approximate surface area is 127 Å². The summed E-state index contributed by atoms with van der Waals surface area (Å²) in [6.45, 7) is 9.18. The van der Waals surface area contributed by atoms with Crippen LogP contribution in [-0.2, 0) is 0 Å². The summed E-state index contributed by atoms with van der Waals surface area (Å²) in [5.41, 5.74) is 10.1. The molecule has 0 amide bonds. The van der Waals surface area contributed by atoms with Gasteiger partial charge in [0.05, 0.1) is 5.69 Å². The van der Waals surface area contributed by atoms with E-state index >= 15 is 0 Å². The van der Waals surface area contributed by atoms with Gasteiger partial charge in [-0.1, -0.05) is 26.8 Å². The van der Waals surface area contributed by atoms with E-state index in [1.54, 1.807) is 0 Å². The third-order valence-electron chi connectivity index (χ3n) is 5.25. The smallest absolute Gasteiger partial charge is 0.141 e. The van der Waals surface area contributed by atoms with Crippen molar-refractivity contribution >= 4 is 11.5 Å². The highest BCUT2D eigenvalue weighted by atomic mass is 15.1. The molecule has 1 aliphatic rings. The molecule has 0 aromatic carbocycles. The summed E-state index contributed by atoms with van der Waals surface area (Å²) in [7, 11) is 0. The summed E-state index contributed by atoms with van der Waals surface area (Å²) in [6, 6.07) is 4.14. The normalized spacial score (nSPS) is 23.6. The third kappa shape index (κ3) is 2.54. The average molecular weight is 285 g/mol. The van der Waals surface area contributed by atoms with Crippen LogP contribution >= 0.6 is 0 Å². The molecule has 2 aromatic rings. The molecule has 2 N–H and O–H groups in total. The Hall–Kier alpha value is -1.51. The standard InChI is InChI=1S/C18H27N3/c1-12-6-5-11-21-16(19)15(20-17(12)21)13-7-9-14(10-8-13)18(2,3)4/h5-6,11,13-14H,7-10,19H2,1-4H3. The molecule has 1 saturated carbocycles. The first-order valence-corrected chi connectivity index (χ1v) is 8.11. The zero-order valence-electron chi connectivity index (χ0n) is 13.7. The highest BCUT2D eigenvalue weighted by Gasteiger charge is 2.32. The molecule has 3 rings (SSSR count). The lowest BCUT2D eigenvalue weighted by atomic mass is 9.69. The molecular weight excluding hydrogens is 258 g/mol. The summed E-state index contributed by atoms with van der Waals surface area (Å²) in [6.07, 6.45) is 7.04. The topological polar surface area (TPSA) is 43.3 Å². The minimum Gasteiger partial charge on any atom is -0.383 e. The molecule has 0 unspecified atom stereocenters. The molecular formula is C18H27N3. The molecule has 0 spiro atoms. The van der Waals surface area contributed by atoms with Crippen LogP contribution in [0.1, 0.15) is 63.6 Å². The Bertz CT molecular complexity index is 640. The van der Waals surface area contributed by atoms with Crippen LogP contribution in [0.4, 0.5) is 5.82 Å². The van der Waals surface area contributed by atoms with Gasteiger partial charge in [-0.3, -0.25) is 4.40 Å². The average Bonchev–Trinajstić information content (AvgIpc) is 2.77. The van der Waals surface area contributed by atoms with E-state index in [2.05, 4.69) is 33.8 Å². The molecule has 114 valence electrons. The number of nitrogens with two attached hydrogens (primary N) is 1. The van der Waals surface area contributed by atoms with Crippen LogP contribution in [0.3, 0.4) is 0 Å². The molecule has 0 aliphatic heterocycles. The minimum absolute atomic E-state index is 0.423. The molecule has 0 bridgehead atoms. The fourth-order valence-electron chi connectivity index (χ4n) is 3.77. The molecule has 0 atom stereocenters. The van der Waals surface area contributed by atoms with Gasteiger partial charge >= 0.3 is 0 Å². The molecule has 2 aromatic heterocycles. The summed E-state index contributed by atoms with van der Waals surface area (Å²) < 4.78 is 2.04. The maximum atomic E-state index is 6.36. The Balaban J connectivity index is 1.86. The maximum absolute atomic E-state index is 6.36. The number of pyridine rings is 1. The van der Waals surface area contributed by atoms with Crippen LogP contribution in [0.25, 0.3) is 5.65 Å². The fourth-order valence-corrected chi connectivity index (χ4v) is 3.77. The second-order valence-corrected chi connectivity index (χ2v) is 7.68. The highest BCUT2D eigenvalue weighted by Crippen LogP contribution is 2.44. The second kappa shape index (κ2) is 5.04. The van der Waals surface area contributed by atoms with Gasteiger partial charge in [0, 0.05) is 12.1 Å². The molecule has 3 nitrogen and oxygen atoms in total. The van der Waals surface area contributed by atoms with Crippen molar-refractivity contribution in [1.82, 2.24) is 9.38 Å². The molecule has 1 aliphatic carbocycles. The van der Waals surface area contributed by atoms with Crippen LogP contribution in [0, 0.1) is 18.3 Å². The second-order valence-electron chi connectivity index (χ2n) is 7.68. The molecule has 0 saturated heterocycles. The lowest BCUT2D eigenvalue weighted by Crippen LogP contribution is -2.25. The summed E-state index contributed by atoms with van der Waals surface area (Å²) in [4.78, 5) is 4.86. The number of hydrogen-bond donors (Lipinski definition) is 1. The molecule has 0 radical (unpaired) electrons. The van der Waals surface area contributed by atoms with Crippen molar-refractivity contribution in [3.05, 3.63) is 29.6 Å². The van der Waals surface area contributed by atoms with Crippen molar-refractivity contribution in [2.45, 2.75) is 59.3 Å². The summed E-state index contributed by atoms with van der Waals surface area (Å²) >= 11 is 0. The van der Waals surface area contributed by atoms with Gasteiger partial charge < -0.3 is 5.73 Å². The van der Waals surface area contributed by atoms with Gasteiger partial charge in [-0.2, -0.15) is 0 Å². The van der Waals surface area contributed by atoms with Gasteiger partial charge in [0.25, 0.3) is 0 Å². The van der Waals surface area contributed by atoms with Gasteiger partial charge in [-0.05, 0) is 55.6 Å². The molecule has 1 fully saturated rings. The van der Waals surface area contributed by atoms with Crippen molar-refractivity contribution in [3.63, 3.8) is 0 Å². The predicted octanol–water partition coefficient (Wildman–Crippen LogP) is 4.54. The summed E-state index contributed by atoms with van der Waals surface area (Å²) in [5, 5.41) is 0. The number of fused-ring (bicyclic) bond motifs is 1. The predicted molar refractivity (Wildman–Crippen MR) is 88.5 cm³/mol. The first-order chi connectivity index (χ1) is 9.88. The van der Waals surface area contributed by atoms with Crippen LogP contribution in [0.2, 0.25) is 0 Å². The van der Waals surface area contributed by atoms with E-state index in [1.165, 1.54) is 31.2 Å². The highest BCUT2D eigenvalue weighted by molar-refractivity contribution is 5.57. The van der Waals surface area contributed by atoms with Gasteiger partial charge in [-0.25, -0.2) is 4.98 Å². The Morgan fingerprint density at radius 2 is 1.86 bits per heavy atom. The van der Waals surface area contributed by atoms with Gasteiger partial charge in [0.15, 0.2) is 0 Å².